The number of halogens is 1. The smallest absolute Gasteiger partial charge is 0.119 e. The number of hydrogen-bond donors (Lipinski definition) is 1. The Hall–Kier alpha value is -1.33. The van der Waals surface area contributed by atoms with E-state index in [9.17, 15) is 5.11 Å². The maximum absolute atomic E-state index is 10.5. The minimum Gasteiger partial charge on any atom is -0.497 e. The summed E-state index contributed by atoms with van der Waals surface area (Å²) in [5, 5.41) is 14.9. The van der Waals surface area contributed by atoms with Gasteiger partial charge >= 0.3 is 0 Å². The number of hydrogen-bond acceptors (Lipinski definition) is 3. The van der Waals surface area contributed by atoms with E-state index in [0.717, 1.165) is 32.7 Å². The molecule has 108 valence electrons. The summed E-state index contributed by atoms with van der Waals surface area (Å²) in [5.41, 5.74) is 3.78. The first-order valence-corrected chi connectivity index (χ1v) is 7.24. The summed E-state index contributed by atoms with van der Waals surface area (Å²) in [6.45, 7) is 3.89. The van der Waals surface area contributed by atoms with E-state index in [-0.39, 0.29) is 0 Å². The van der Waals surface area contributed by atoms with Crippen molar-refractivity contribution in [3.63, 3.8) is 0 Å². The van der Waals surface area contributed by atoms with Gasteiger partial charge in [-0.15, -0.1) is 0 Å². The minimum absolute atomic E-state index is 0.519. The first-order valence-electron chi connectivity index (χ1n) is 6.44. The first-order chi connectivity index (χ1) is 9.43. The van der Waals surface area contributed by atoms with Crippen molar-refractivity contribution in [2.75, 3.05) is 7.11 Å². The Bertz CT molecular complexity index is 623. The van der Waals surface area contributed by atoms with Gasteiger partial charge in [0.05, 0.1) is 18.9 Å². The molecule has 1 atom stereocenters. The van der Waals surface area contributed by atoms with Crippen LogP contribution in [0.5, 0.6) is 5.75 Å². The van der Waals surface area contributed by atoms with Gasteiger partial charge < -0.3 is 9.84 Å². The molecule has 0 spiro atoms. The van der Waals surface area contributed by atoms with E-state index in [0.29, 0.717) is 6.42 Å². The number of aliphatic hydroxyl groups excluding tert-OH is 1. The molecule has 2 rings (SSSR count). The zero-order valence-corrected chi connectivity index (χ0v) is 13.7. The maximum atomic E-state index is 10.5. The molecular formula is C15H19BrN2O2. The second kappa shape index (κ2) is 5.97. The maximum Gasteiger partial charge on any atom is 0.119 e. The molecule has 1 unspecified atom stereocenters. The van der Waals surface area contributed by atoms with Crippen molar-refractivity contribution in [1.29, 1.82) is 0 Å². The highest BCUT2D eigenvalue weighted by Crippen LogP contribution is 2.29. The molecule has 1 N–H and O–H groups in total. The molecule has 0 aliphatic rings. The van der Waals surface area contributed by atoms with Crippen LogP contribution in [-0.2, 0) is 13.5 Å². The van der Waals surface area contributed by atoms with Crippen molar-refractivity contribution < 1.29 is 9.84 Å². The summed E-state index contributed by atoms with van der Waals surface area (Å²) in [6.07, 6.45) is -0.0577. The van der Waals surface area contributed by atoms with Crippen LogP contribution < -0.4 is 4.74 Å². The van der Waals surface area contributed by atoms with Crippen molar-refractivity contribution in [3.05, 3.63) is 45.2 Å². The van der Waals surface area contributed by atoms with Gasteiger partial charge in [0.2, 0.25) is 0 Å². The molecule has 20 heavy (non-hydrogen) atoms. The van der Waals surface area contributed by atoms with E-state index in [4.69, 9.17) is 4.74 Å². The van der Waals surface area contributed by atoms with Gasteiger partial charge in [-0.1, -0.05) is 15.9 Å². The average Bonchev–Trinajstić information content (AvgIpc) is 2.66. The molecule has 0 aliphatic carbocycles. The molecule has 4 nitrogen and oxygen atoms in total. The summed E-state index contributed by atoms with van der Waals surface area (Å²) in [5.74, 6) is 0.787. The molecule has 0 saturated carbocycles. The fraction of sp³-hybridized carbons (Fsp3) is 0.400. The molecule has 0 bridgehead atoms. The number of rotatable bonds is 4. The Labute approximate surface area is 127 Å². The fourth-order valence-corrected chi connectivity index (χ4v) is 2.83. The van der Waals surface area contributed by atoms with Gasteiger partial charge in [-0.25, -0.2) is 0 Å². The number of ether oxygens (including phenoxy) is 1. The minimum atomic E-state index is -0.577. The fourth-order valence-electron chi connectivity index (χ4n) is 2.42. The lowest BCUT2D eigenvalue weighted by molar-refractivity contribution is 0.176. The first kappa shape index (κ1) is 15.1. The zero-order chi connectivity index (χ0) is 14.9. The number of nitrogens with zero attached hydrogens (tertiary/aromatic N) is 2. The van der Waals surface area contributed by atoms with Gasteiger partial charge in [-0.2, -0.15) is 5.10 Å². The van der Waals surface area contributed by atoms with Gasteiger partial charge in [-0.05, 0) is 37.6 Å². The summed E-state index contributed by atoms with van der Waals surface area (Å²) in [4.78, 5) is 0. The summed E-state index contributed by atoms with van der Waals surface area (Å²) >= 11 is 3.52. The van der Waals surface area contributed by atoms with Crippen molar-refractivity contribution in [1.82, 2.24) is 9.78 Å². The molecule has 0 aliphatic heterocycles. The van der Waals surface area contributed by atoms with Gasteiger partial charge in [0.15, 0.2) is 0 Å². The third kappa shape index (κ3) is 2.88. The highest BCUT2D eigenvalue weighted by Gasteiger charge is 2.19. The topological polar surface area (TPSA) is 47.3 Å². The number of methoxy groups -OCH3 is 1. The lowest BCUT2D eigenvalue weighted by atomic mass is 10.00. The molecule has 1 heterocycles. The summed E-state index contributed by atoms with van der Waals surface area (Å²) < 4.78 is 8.00. The Balaban J connectivity index is 2.29. The lowest BCUT2D eigenvalue weighted by Gasteiger charge is -2.14. The highest BCUT2D eigenvalue weighted by molar-refractivity contribution is 9.10. The van der Waals surface area contributed by atoms with Gasteiger partial charge in [0, 0.05) is 29.2 Å². The van der Waals surface area contributed by atoms with Crippen LogP contribution in [-0.4, -0.2) is 22.0 Å². The number of aromatic nitrogens is 2. The largest absolute Gasteiger partial charge is 0.497 e. The molecule has 0 amide bonds. The van der Waals surface area contributed by atoms with E-state index < -0.39 is 6.10 Å². The average molecular weight is 339 g/mol. The predicted molar refractivity (Wildman–Crippen MR) is 82.0 cm³/mol. The lowest BCUT2D eigenvalue weighted by Crippen LogP contribution is -2.05. The SMILES string of the molecule is COc1ccc(Br)c(CC(O)c2c(C)nn(C)c2C)c1. The number of aliphatic hydroxyl groups is 1. The quantitative estimate of drug-likeness (QED) is 0.931. The van der Waals surface area contributed by atoms with Crippen LogP contribution in [0.25, 0.3) is 0 Å². The third-order valence-corrected chi connectivity index (χ3v) is 4.34. The number of aryl methyl sites for hydroxylation is 2. The summed E-state index contributed by atoms with van der Waals surface area (Å²) in [6, 6.07) is 5.76. The van der Waals surface area contributed by atoms with Crippen LogP contribution in [0.15, 0.2) is 22.7 Å². The molecule has 2 aromatic rings. The van der Waals surface area contributed by atoms with E-state index in [2.05, 4.69) is 21.0 Å². The number of benzene rings is 1. The van der Waals surface area contributed by atoms with Crippen LogP contribution in [0, 0.1) is 13.8 Å². The van der Waals surface area contributed by atoms with E-state index >= 15 is 0 Å². The second-order valence-corrected chi connectivity index (χ2v) is 5.74. The standard InChI is InChI=1S/C15H19BrN2O2/c1-9-15(10(2)18(3)17-9)14(19)8-11-7-12(20-4)5-6-13(11)16/h5-7,14,19H,8H2,1-4H3. The van der Waals surface area contributed by atoms with Crippen LogP contribution in [0.1, 0.15) is 28.6 Å². The molecular weight excluding hydrogens is 320 g/mol. The Morgan fingerprint density at radius 3 is 2.65 bits per heavy atom. The van der Waals surface area contributed by atoms with Crippen LogP contribution in [0.3, 0.4) is 0 Å². The van der Waals surface area contributed by atoms with Crippen molar-refractivity contribution in [2.24, 2.45) is 7.05 Å². The zero-order valence-electron chi connectivity index (χ0n) is 12.1. The van der Waals surface area contributed by atoms with E-state index in [1.165, 1.54) is 0 Å². The van der Waals surface area contributed by atoms with E-state index in [1.807, 2.05) is 39.1 Å². The van der Waals surface area contributed by atoms with Crippen LogP contribution >= 0.6 is 15.9 Å². The molecule has 1 aromatic heterocycles. The second-order valence-electron chi connectivity index (χ2n) is 4.89. The monoisotopic (exact) mass is 338 g/mol. The molecule has 1 aromatic carbocycles. The van der Waals surface area contributed by atoms with Gasteiger partial charge in [0.25, 0.3) is 0 Å². The van der Waals surface area contributed by atoms with Crippen LogP contribution in [0.4, 0.5) is 0 Å². The Kier molecular flexibility index (Phi) is 4.50. The molecule has 0 radical (unpaired) electrons. The molecule has 0 fully saturated rings. The van der Waals surface area contributed by atoms with E-state index in [1.54, 1.807) is 11.8 Å². The summed E-state index contributed by atoms with van der Waals surface area (Å²) in [7, 11) is 3.53. The van der Waals surface area contributed by atoms with Crippen LogP contribution in [0.2, 0.25) is 0 Å². The third-order valence-electron chi connectivity index (χ3n) is 3.56. The molecule has 0 saturated heterocycles. The van der Waals surface area contributed by atoms with Gasteiger partial charge in [-0.3, -0.25) is 4.68 Å². The highest BCUT2D eigenvalue weighted by atomic mass is 79.9. The van der Waals surface area contributed by atoms with Gasteiger partial charge in [0.1, 0.15) is 5.75 Å². The predicted octanol–water partition coefficient (Wildman–Crippen LogP) is 3.08. The Morgan fingerprint density at radius 2 is 2.10 bits per heavy atom. The molecule has 5 heteroatoms. The van der Waals surface area contributed by atoms with Crippen molar-refractivity contribution >= 4 is 15.9 Å². The normalized spacial score (nSPS) is 12.5. The Morgan fingerprint density at radius 1 is 1.40 bits per heavy atom. The van der Waals surface area contributed by atoms with Crippen molar-refractivity contribution in [3.8, 4) is 5.75 Å². The van der Waals surface area contributed by atoms with Crippen molar-refractivity contribution in [2.45, 2.75) is 26.4 Å².